The van der Waals surface area contributed by atoms with Gasteiger partial charge in [0.2, 0.25) is 0 Å². The molecule has 26 heavy (non-hydrogen) atoms. The number of thiophene rings is 1. The lowest BCUT2D eigenvalue weighted by atomic mass is 10.1. The van der Waals surface area contributed by atoms with E-state index >= 15 is 0 Å². The van der Waals surface area contributed by atoms with E-state index in [-0.39, 0.29) is 5.91 Å². The Labute approximate surface area is 161 Å². The Bertz CT molecular complexity index is 901. The molecule has 0 spiro atoms. The first-order chi connectivity index (χ1) is 12.4. The van der Waals surface area contributed by atoms with Crippen LogP contribution in [0.4, 0.5) is 0 Å². The Hall–Kier alpha value is -2.18. The van der Waals surface area contributed by atoms with Gasteiger partial charge in [0.05, 0.1) is 17.1 Å². The van der Waals surface area contributed by atoms with E-state index in [0.717, 1.165) is 37.3 Å². The van der Waals surface area contributed by atoms with Gasteiger partial charge >= 0.3 is 0 Å². The average Bonchev–Trinajstić information content (AvgIpc) is 3.25. The lowest BCUT2D eigenvalue weighted by Crippen LogP contribution is -2.36. The number of thiazole rings is 1. The maximum atomic E-state index is 12.4. The number of ether oxygens (including phenoxy) is 1. The van der Waals surface area contributed by atoms with Crippen LogP contribution in [-0.4, -0.2) is 17.0 Å². The molecule has 136 valence electrons. The molecule has 0 saturated heterocycles. The number of hydrogen-bond acceptors (Lipinski definition) is 5. The molecular weight excluding hydrogens is 364 g/mol. The molecule has 0 radical (unpaired) electrons. The highest BCUT2D eigenvalue weighted by molar-refractivity contribution is 7.21. The van der Waals surface area contributed by atoms with Gasteiger partial charge < -0.3 is 10.1 Å². The van der Waals surface area contributed by atoms with Crippen molar-refractivity contribution in [3.05, 3.63) is 57.4 Å². The second-order valence-corrected chi connectivity index (χ2v) is 8.28. The molecule has 1 unspecified atom stereocenters. The van der Waals surface area contributed by atoms with Crippen LogP contribution in [0.1, 0.15) is 28.6 Å². The zero-order chi connectivity index (χ0) is 18.7. The molecule has 0 aliphatic heterocycles. The fourth-order valence-electron chi connectivity index (χ4n) is 2.49. The van der Waals surface area contributed by atoms with E-state index in [4.69, 9.17) is 4.74 Å². The van der Waals surface area contributed by atoms with Gasteiger partial charge in [0.15, 0.2) is 6.10 Å². The molecule has 2 heterocycles. The number of carbonyl (C=O) groups is 1. The molecule has 0 saturated carbocycles. The number of hydrogen-bond donors (Lipinski definition) is 1. The predicted octanol–water partition coefficient (Wildman–Crippen LogP) is 4.88. The van der Waals surface area contributed by atoms with Gasteiger partial charge in [0, 0.05) is 4.88 Å². The Morgan fingerprint density at radius 1 is 1.27 bits per heavy atom. The van der Waals surface area contributed by atoms with Gasteiger partial charge in [-0.15, -0.1) is 22.7 Å². The summed E-state index contributed by atoms with van der Waals surface area (Å²) in [7, 11) is 0. The number of aromatic nitrogens is 1. The lowest BCUT2D eigenvalue weighted by molar-refractivity contribution is -0.127. The number of carbonyl (C=O) groups excluding carboxylic acids is 1. The third-order valence-electron chi connectivity index (χ3n) is 4.06. The maximum Gasteiger partial charge on any atom is 0.261 e. The average molecular weight is 387 g/mol. The minimum atomic E-state index is -0.555. The number of benzene rings is 1. The van der Waals surface area contributed by atoms with Crippen molar-refractivity contribution in [3.63, 3.8) is 0 Å². The molecule has 0 bridgehead atoms. The lowest BCUT2D eigenvalue weighted by Gasteiger charge is -2.16. The Kier molecular flexibility index (Phi) is 5.74. The maximum absolute atomic E-state index is 12.4. The summed E-state index contributed by atoms with van der Waals surface area (Å²) in [4.78, 5) is 19.3. The molecule has 4 nitrogen and oxygen atoms in total. The van der Waals surface area contributed by atoms with Gasteiger partial charge in [0.25, 0.3) is 5.91 Å². The normalized spacial score (nSPS) is 12.0. The smallest absolute Gasteiger partial charge is 0.261 e. The number of amides is 1. The molecule has 0 aliphatic carbocycles. The van der Waals surface area contributed by atoms with E-state index in [1.54, 1.807) is 29.6 Å². The van der Waals surface area contributed by atoms with Gasteiger partial charge in [-0.3, -0.25) is 4.79 Å². The summed E-state index contributed by atoms with van der Waals surface area (Å²) in [6.45, 7) is 8.20. The van der Waals surface area contributed by atoms with Crippen LogP contribution in [0.25, 0.3) is 9.88 Å². The molecule has 1 amide bonds. The van der Waals surface area contributed by atoms with Gasteiger partial charge in [0.1, 0.15) is 10.8 Å². The largest absolute Gasteiger partial charge is 0.481 e. The molecule has 0 aliphatic rings. The van der Waals surface area contributed by atoms with Gasteiger partial charge in [-0.2, -0.15) is 0 Å². The van der Waals surface area contributed by atoms with E-state index in [1.807, 2.05) is 50.4 Å². The highest BCUT2D eigenvalue weighted by Crippen LogP contribution is 2.31. The SMILES string of the molecule is Cc1ccc(C)c(OC(C)C(=O)NCc2sc(-c3cccs3)nc2C)c1. The van der Waals surface area contributed by atoms with Crippen LogP contribution in [0.2, 0.25) is 0 Å². The van der Waals surface area contributed by atoms with Gasteiger partial charge in [-0.25, -0.2) is 4.98 Å². The zero-order valence-corrected chi connectivity index (χ0v) is 17.0. The first-order valence-electron chi connectivity index (χ1n) is 8.46. The van der Waals surface area contributed by atoms with Gasteiger partial charge in [-0.05, 0) is 56.3 Å². The number of aryl methyl sites for hydroxylation is 3. The number of nitrogens with one attached hydrogen (secondary N) is 1. The third-order valence-corrected chi connectivity index (χ3v) is 6.26. The van der Waals surface area contributed by atoms with Crippen molar-refractivity contribution in [2.75, 3.05) is 0 Å². The molecule has 1 aromatic carbocycles. The van der Waals surface area contributed by atoms with E-state index in [1.165, 1.54) is 0 Å². The van der Waals surface area contributed by atoms with Crippen molar-refractivity contribution < 1.29 is 9.53 Å². The standard InChI is InChI=1S/C20H22N2O2S2/c1-12-7-8-13(2)16(10-12)24-15(4)19(23)21-11-18-14(3)22-20(26-18)17-6-5-9-25-17/h5-10,15H,11H2,1-4H3,(H,21,23). The highest BCUT2D eigenvalue weighted by atomic mass is 32.1. The summed E-state index contributed by atoms with van der Waals surface area (Å²) in [5.74, 6) is 0.623. The van der Waals surface area contributed by atoms with Crippen LogP contribution >= 0.6 is 22.7 Å². The Balaban J connectivity index is 1.61. The van der Waals surface area contributed by atoms with Crippen molar-refractivity contribution in [2.24, 2.45) is 0 Å². The number of nitrogens with zero attached hydrogens (tertiary/aromatic N) is 1. The Morgan fingerprint density at radius 3 is 2.81 bits per heavy atom. The summed E-state index contributed by atoms with van der Waals surface area (Å²) in [5, 5.41) is 6.01. The first kappa shape index (κ1) is 18.6. The van der Waals surface area contributed by atoms with E-state index in [0.29, 0.717) is 6.54 Å². The van der Waals surface area contributed by atoms with Crippen molar-refractivity contribution in [1.29, 1.82) is 0 Å². The highest BCUT2D eigenvalue weighted by Gasteiger charge is 2.17. The second kappa shape index (κ2) is 8.01. The number of rotatable bonds is 6. The fourth-order valence-corrected chi connectivity index (χ4v) is 4.29. The molecular formula is C20H22N2O2S2. The third kappa shape index (κ3) is 4.31. The van der Waals surface area contributed by atoms with Crippen LogP contribution in [-0.2, 0) is 11.3 Å². The summed E-state index contributed by atoms with van der Waals surface area (Å²) >= 11 is 3.29. The summed E-state index contributed by atoms with van der Waals surface area (Å²) in [6, 6.07) is 10.1. The van der Waals surface area contributed by atoms with Crippen molar-refractivity contribution >= 4 is 28.6 Å². The molecule has 0 fully saturated rings. The van der Waals surface area contributed by atoms with Crippen molar-refractivity contribution in [1.82, 2.24) is 10.3 Å². The van der Waals surface area contributed by atoms with E-state index < -0.39 is 6.10 Å². The minimum absolute atomic E-state index is 0.128. The summed E-state index contributed by atoms with van der Waals surface area (Å²) < 4.78 is 5.85. The molecule has 1 N–H and O–H groups in total. The molecule has 2 aromatic heterocycles. The fraction of sp³-hybridized carbons (Fsp3) is 0.300. The van der Waals surface area contributed by atoms with Crippen molar-refractivity contribution in [3.8, 4) is 15.6 Å². The Morgan fingerprint density at radius 2 is 2.08 bits per heavy atom. The zero-order valence-electron chi connectivity index (χ0n) is 15.3. The van der Waals surface area contributed by atoms with Gasteiger partial charge in [-0.1, -0.05) is 18.2 Å². The summed E-state index contributed by atoms with van der Waals surface area (Å²) in [6.07, 6.45) is -0.555. The predicted molar refractivity (Wildman–Crippen MR) is 108 cm³/mol. The monoisotopic (exact) mass is 386 g/mol. The second-order valence-electron chi connectivity index (χ2n) is 6.25. The quantitative estimate of drug-likeness (QED) is 0.657. The molecule has 6 heteroatoms. The summed E-state index contributed by atoms with van der Waals surface area (Å²) in [5.41, 5.74) is 3.09. The molecule has 1 atom stereocenters. The van der Waals surface area contributed by atoms with Crippen LogP contribution in [0.3, 0.4) is 0 Å². The van der Waals surface area contributed by atoms with E-state index in [2.05, 4.69) is 16.4 Å². The van der Waals surface area contributed by atoms with E-state index in [9.17, 15) is 4.79 Å². The van der Waals surface area contributed by atoms with Crippen LogP contribution < -0.4 is 10.1 Å². The first-order valence-corrected chi connectivity index (χ1v) is 10.2. The molecule has 3 aromatic rings. The van der Waals surface area contributed by atoms with Crippen LogP contribution in [0, 0.1) is 20.8 Å². The topological polar surface area (TPSA) is 51.2 Å². The van der Waals surface area contributed by atoms with Crippen molar-refractivity contribution in [2.45, 2.75) is 40.3 Å². The van der Waals surface area contributed by atoms with Crippen LogP contribution in [0.5, 0.6) is 5.75 Å². The molecule has 3 rings (SSSR count). The van der Waals surface area contributed by atoms with Crippen LogP contribution in [0.15, 0.2) is 35.7 Å². The minimum Gasteiger partial charge on any atom is -0.481 e.